The molecular formula is C14H28N2O2. The highest BCUT2D eigenvalue weighted by molar-refractivity contribution is 5.53. The maximum absolute atomic E-state index is 10.5. The van der Waals surface area contributed by atoms with E-state index >= 15 is 0 Å². The van der Waals surface area contributed by atoms with E-state index in [1.54, 1.807) is 0 Å². The minimum Gasteiger partial charge on any atom is -0.277 e. The van der Waals surface area contributed by atoms with E-state index in [2.05, 4.69) is 12.3 Å². The van der Waals surface area contributed by atoms with Gasteiger partial charge in [0.25, 0.3) is 0 Å². The Labute approximate surface area is 111 Å². The zero-order chi connectivity index (χ0) is 13.5. The van der Waals surface area contributed by atoms with Gasteiger partial charge in [-0.15, -0.1) is 0 Å². The minimum atomic E-state index is 0.532. The smallest absolute Gasteiger partial charge is 0.228 e. The number of carbonyl (C=O) groups excluding carboxylic acids is 2. The van der Waals surface area contributed by atoms with Crippen LogP contribution in [-0.4, -0.2) is 24.4 Å². The number of amides is 2. The van der Waals surface area contributed by atoms with E-state index in [1.165, 1.54) is 56.4 Å². The predicted octanol–water partition coefficient (Wildman–Crippen LogP) is 3.03. The van der Waals surface area contributed by atoms with E-state index < -0.39 is 0 Å². The van der Waals surface area contributed by atoms with Crippen LogP contribution in [0, 0.1) is 0 Å². The van der Waals surface area contributed by atoms with Crippen LogP contribution in [0.25, 0.3) is 0 Å². The van der Waals surface area contributed by atoms with Gasteiger partial charge < -0.3 is 0 Å². The lowest BCUT2D eigenvalue weighted by molar-refractivity contribution is -0.127. The summed E-state index contributed by atoms with van der Waals surface area (Å²) >= 11 is 0. The van der Waals surface area contributed by atoms with Crippen LogP contribution >= 0.6 is 0 Å². The fraction of sp³-hybridized carbons (Fsp3) is 0.857. The van der Waals surface area contributed by atoms with Crippen LogP contribution in [0.5, 0.6) is 0 Å². The van der Waals surface area contributed by atoms with Crippen molar-refractivity contribution in [2.24, 2.45) is 0 Å². The fourth-order valence-corrected chi connectivity index (χ4v) is 1.98. The number of rotatable bonds is 14. The van der Waals surface area contributed by atoms with E-state index in [4.69, 9.17) is 0 Å². The van der Waals surface area contributed by atoms with Crippen LogP contribution in [0.1, 0.15) is 71.1 Å². The fourth-order valence-electron chi connectivity index (χ4n) is 1.98. The van der Waals surface area contributed by atoms with Crippen molar-refractivity contribution in [3.63, 3.8) is 0 Å². The average Bonchev–Trinajstić information content (AvgIpc) is 2.39. The molecule has 0 spiro atoms. The summed E-state index contributed by atoms with van der Waals surface area (Å²) in [7, 11) is 0. The molecule has 0 unspecified atom stereocenters. The summed E-state index contributed by atoms with van der Waals surface area (Å²) in [6, 6.07) is 0. The Bertz CT molecular complexity index is 198. The first kappa shape index (κ1) is 16.9. The van der Waals surface area contributed by atoms with Gasteiger partial charge in [0, 0.05) is 6.54 Å². The molecule has 0 aromatic carbocycles. The lowest BCUT2D eigenvalue weighted by Gasteiger charge is -2.14. The molecule has 0 aliphatic heterocycles. The molecule has 0 radical (unpaired) electrons. The zero-order valence-electron chi connectivity index (χ0n) is 11.7. The van der Waals surface area contributed by atoms with Crippen molar-refractivity contribution >= 4 is 12.8 Å². The summed E-state index contributed by atoms with van der Waals surface area (Å²) in [5.74, 6) is 0. The maximum Gasteiger partial charge on any atom is 0.228 e. The maximum atomic E-state index is 10.5. The Morgan fingerprint density at radius 2 is 1.33 bits per heavy atom. The van der Waals surface area contributed by atoms with Gasteiger partial charge >= 0.3 is 0 Å². The van der Waals surface area contributed by atoms with Gasteiger partial charge in [-0.1, -0.05) is 64.7 Å². The van der Waals surface area contributed by atoms with Crippen molar-refractivity contribution in [1.29, 1.82) is 0 Å². The van der Waals surface area contributed by atoms with Crippen LogP contribution < -0.4 is 5.43 Å². The highest BCUT2D eigenvalue weighted by Gasteiger charge is 1.98. The highest BCUT2D eigenvalue weighted by Crippen LogP contribution is 2.10. The molecule has 0 saturated carbocycles. The molecule has 0 aliphatic rings. The Kier molecular flexibility index (Phi) is 13.2. The first-order valence-electron chi connectivity index (χ1n) is 7.27. The Balaban J connectivity index is 3.15. The molecule has 0 rings (SSSR count). The molecule has 0 bridgehead atoms. The van der Waals surface area contributed by atoms with Crippen molar-refractivity contribution in [2.75, 3.05) is 6.54 Å². The number of hydrazine groups is 1. The van der Waals surface area contributed by atoms with Crippen LogP contribution in [0.2, 0.25) is 0 Å². The second-order valence-corrected chi connectivity index (χ2v) is 4.73. The number of unbranched alkanes of at least 4 members (excludes halogenated alkanes) is 9. The third-order valence-corrected chi connectivity index (χ3v) is 3.10. The first-order valence-corrected chi connectivity index (χ1v) is 7.27. The topological polar surface area (TPSA) is 49.4 Å². The van der Waals surface area contributed by atoms with Crippen LogP contribution in [0.15, 0.2) is 0 Å². The van der Waals surface area contributed by atoms with Crippen molar-refractivity contribution in [3.8, 4) is 0 Å². The lowest BCUT2D eigenvalue weighted by atomic mass is 10.1. The van der Waals surface area contributed by atoms with Crippen molar-refractivity contribution in [3.05, 3.63) is 0 Å². The van der Waals surface area contributed by atoms with Crippen LogP contribution in [0.4, 0.5) is 0 Å². The first-order chi connectivity index (χ1) is 8.85. The molecule has 2 amide bonds. The van der Waals surface area contributed by atoms with Crippen molar-refractivity contribution < 1.29 is 9.59 Å². The van der Waals surface area contributed by atoms with E-state index in [-0.39, 0.29) is 0 Å². The average molecular weight is 256 g/mol. The molecule has 0 atom stereocenters. The molecule has 1 N–H and O–H groups in total. The van der Waals surface area contributed by atoms with E-state index in [1.807, 2.05) is 0 Å². The summed E-state index contributed by atoms with van der Waals surface area (Å²) in [5, 5.41) is 1.29. The number of nitrogens with one attached hydrogen (secondary N) is 1. The summed E-state index contributed by atoms with van der Waals surface area (Å²) in [6.07, 6.45) is 13.9. The minimum absolute atomic E-state index is 0.532. The van der Waals surface area contributed by atoms with E-state index in [0.717, 1.165) is 12.8 Å². The normalized spacial score (nSPS) is 10.1. The molecule has 0 heterocycles. The van der Waals surface area contributed by atoms with Gasteiger partial charge in [0.2, 0.25) is 12.8 Å². The Morgan fingerprint density at radius 3 is 1.78 bits per heavy atom. The number of nitrogens with zero attached hydrogens (tertiary/aromatic N) is 1. The summed E-state index contributed by atoms with van der Waals surface area (Å²) in [4.78, 5) is 20.6. The summed E-state index contributed by atoms with van der Waals surface area (Å²) in [5.41, 5.74) is 2.35. The van der Waals surface area contributed by atoms with Crippen molar-refractivity contribution in [1.82, 2.24) is 10.4 Å². The molecule has 0 aromatic rings. The van der Waals surface area contributed by atoms with Gasteiger partial charge in [0.1, 0.15) is 0 Å². The highest BCUT2D eigenvalue weighted by atomic mass is 16.2. The molecule has 4 nitrogen and oxygen atoms in total. The summed E-state index contributed by atoms with van der Waals surface area (Å²) < 4.78 is 0. The Morgan fingerprint density at radius 1 is 0.833 bits per heavy atom. The molecule has 0 aromatic heterocycles. The van der Waals surface area contributed by atoms with Gasteiger partial charge in [-0.3, -0.25) is 20.0 Å². The SMILES string of the molecule is CCCCCCCCCCCCN(C=O)NC=O. The molecule has 0 fully saturated rings. The molecular weight excluding hydrogens is 228 g/mol. The third kappa shape index (κ3) is 11.4. The van der Waals surface area contributed by atoms with Gasteiger partial charge in [-0.05, 0) is 6.42 Å². The largest absolute Gasteiger partial charge is 0.277 e. The van der Waals surface area contributed by atoms with Gasteiger partial charge in [0.15, 0.2) is 0 Å². The molecule has 0 aliphatic carbocycles. The van der Waals surface area contributed by atoms with Gasteiger partial charge in [-0.2, -0.15) is 0 Å². The van der Waals surface area contributed by atoms with E-state index in [0.29, 0.717) is 19.4 Å². The molecule has 106 valence electrons. The standard InChI is InChI=1S/C14H28N2O2/c1-2-3-4-5-6-7-8-9-10-11-12-16(14-18)15-13-17/h13-14H,2-12H2,1H3,(H,15,17). The lowest BCUT2D eigenvalue weighted by Crippen LogP contribution is -2.36. The molecule has 4 heteroatoms. The monoisotopic (exact) mass is 256 g/mol. The number of hydrogen-bond acceptors (Lipinski definition) is 2. The van der Waals surface area contributed by atoms with Crippen LogP contribution in [-0.2, 0) is 9.59 Å². The zero-order valence-corrected chi connectivity index (χ0v) is 11.7. The van der Waals surface area contributed by atoms with Crippen molar-refractivity contribution in [2.45, 2.75) is 71.1 Å². The van der Waals surface area contributed by atoms with Crippen LogP contribution in [0.3, 0.4) is 0 Å². The quantitative estimate of drug-likeness (QED) is 0.295. The molecule has 0 saturated heterocycles. The predicted molar refractivity (Wildman–Crippen MR) is 73.8 cm³/mol. The number of hydrogen-bond donors (Lipinski definition) is 1. The second kappa shape index (κ2) is 14.0. The third-order valence-electron chi connectivity index (χ3n) is 3.10. The Hall–Kier alpha value is -1.06. The molecule has 18 heavy (non-hydrogen) atoms. The van der Waals surface area contributed by atoms with Gasteiger partial charge in [-0.25, -0.2) is 0 Å². The van der Waals surface area contributed by atoms with Gasteiger partial charge in [0.05, 0.1) is 0 Å². The summed E-state index contributed by atoms with van der Waals surface area (Å²) in [6.45, 7) is 2.85. The number of carbonyl (C=O) groups is 2. The second-order valence-electron chi connectivity index (χ2n) is 4.73. The van der Waals surface area contributed by atoms with E-state index in [9.17, 15) is 9.59 Å².